The highest BCUT2D eigenvalue weighted by atomic mass is 32.1. The average Bonchev–Trinajstić information content (AvgIpc) is 2.49. The normalized spacial score (nSPS) is 21.8. The van der Waals surface area contributed by atoms with Crippen molar-refractivity contribution in [3.8, 4) is 0 Å². The minimum atomic E-state index is -0.756. The van der Waals surface area contributed by atoms with Crippen molar-refractivity contribution in [3.63, 3.8) is 0 Å². The van der Waals surface area contributed by atoms with Crippen LogP contribution in [0.5, 0.6) is 0 Å². The smallest absolute Gasteiger partial charge is 0.321 e. The van der Waals surface area contributed by atoms with E-state index < -0.39 is 12.0 Å². The van der Waals surface area contributed by atoms with Gasteiger partial charge in [-0.15, -0.1) is 11.3 Å². The molecule has 0 bridgehead atoms. The molecule has 64 valence electrons. The van der Waals surface area contributed by atoms with Gasteiger partial charge >= 0.3 is 5.97 Å². The van der Waals surface area contributed by atoms with Gasteiger partial charge in [-0.1, -0.05) is 0 Å². The summed E-state index contributed by atoms with van der Waals surface area (Å²) in [6.07, 6.45) is 0.627. The monoisotopic (exact) mass is 183 g/mol. The molecule has 1 aliphatic rings. The summed E-state index contributed by atoms with van der Waals surface area (Å²) in [6, 6.07) is 1.65. The van der Waals surface area contributed by atoms with Crippen LogP contribution in [0.1, 0.15) is 10.4 Å². The van der Waals surface area contributed by atoms with E-state index in [0.29, 0.717) is 13.0 Å². The number of nitrogens with one attached hydrogen (secondary N) is 1. The van der Waals surface area contributed by atoms with Crippen molar-refractivity contribution >= 4 is 17.3 Å². The van der Waals surface area contributed by atoms with E-state index in [1.807, 2.05) is 11.4 Å². The summed E-state index contributed by atoms with van der Waals surface area (Å²) in [6.45, 7) is 0.690. The Bertz CT molecular complexity index is 308. The average molecular weight is 183 g/mol. The number of carboxylic acids is 1. The van der Waals surface area contributed by atoms with Crippen LogP contribution in [-0.2, 0) is 17.8 Å². The lowest BCUT2D eigenvalue weighted by Crippen LogP contribution is -2.40. The van der Waals surface area contributed by atoms with Gasteiger partial charge in [0.05, 0.1) is 0 Å². The summed E-state index contributed by atoms with van der Waals surface area (Å²) in [5, 5.41) is 13.7. The molecule has 0 radical (unpaired) electrons. The minimum absolute atomic E-state index is 0.392. The van der Waals surface area contributed by atoms with Crippen LogP contribution in [0.2, 0.25) is 0 Å². The molecule has 0 amide bonds. The summed E-state index contributed by atoms with van der Waals surface area (Å²) >= 11 is 1.64. The molecule has 0 aliphatic carbocycles. The maximum atomic E-state index is 10.6. The predicted octanol–water partition coefficient (Wildman–Crippen LogP) is 0.847. The van der Waals surface area contributed by atoms with Crippen molar-refractivity contribution in [2.75, 3.05) is 0 Å². The van der Waals surface area contributed by atoms with E-state index in [1.54, 1.807) is 11.3 Å². The van der Waals surface area contributed by atoms with Crippen molar-refractivity contribution in [1.82, 2.24) is 5.32 Å². The minimum Gasteiger partial charge on any atom is -0.480 e. The van der Waals surface area contributed by atoms with Crippen molar-refractivity contribution in [2.45, 2.75) is 19.0 Å². The quantitative estimate of drug-likeness (QED) is 0.678. The first-order chi connectivity index (χ1) is 5.77. The van der Waals surface area contributed by atoms with Gasteiger partial charge in [0.2, 0.25) is 0 Å². The molecule has 2 rings (SSSR count). The lowest BCUT2D eigenvalue weighted by molar-refractivity contribution is -0.139. The first kappa shape index (κ1) is 7.76. The van der Waals surface area contributed by atoms with Crippen molar-refractivity contribution in [1.29, 1.82) is 0 Å². The largest absolute Gasteiger partial charge is 0.480 e. The number of rotatable bonds is 1. The van der Waals surface area contributed by atoms with E-state index in [1.165, 1.54) is 10.4 Å². The summed E-state index contributed by atoms with van der Waals surface area (Å²) in [5.41, 5.74) is 1.25. The van der Waals surface area contributed by atoms with Gasteiger partial charge in [-0.05, 0) is 17.0 Å². The fraction of sp³-hybridized carbons (Fsp3) is 0.375. The van der Waals surface area contributed by atoms with Gasteiger partial charge in [-0.25, -0.2) is 0 Å². The van der Waals surface area contributed by atoms with Crippen LogP contribution in [0.4, 0.5) is 0 Å². The van der Waals surface area contributed by atoms with Crippen LogP contribution in [0.3, 0.4) is 0 Å². The predicted molar refractivity (Wildman–Crippen MR) is 46.3 cm³/mol. The molecule has 2 heterocycles. The molecular weight excluding hydrogens is 174 g/mol. The molecule has 4 heteroatoms. The molecule has 1 atom stereocenters. The molecule has 1 aromatic rings. The number of aliphatic carboxylic acids is 1. The Morgan fingerprint density at radius 2 is 2.58 bits per heavy atom. The van der Waals surface area contributed by atoms with Gasteiger partial charge < -0.3 is 5.11 Å². The molecule has 12 heavy (non-hydrogen) atoms. The first-order valence-electron chi connectivity index (χ1n) is 3.79. The van der Waals surface area contributed by atoms with Crippen LogP contribution in [0.25, 0.3) is 0 Å². The van der Waals surface area contributed by atoms with Gasteiger partial charge in [-0.2, -0.15) is 0 Å². The van der Waals surface area contributed by atoms with Crippen molar-refractivity contribution < 1.29 is 9.90 Å². The zero-order valence-corrected chi connectivity index (χ0v) is 7.23. The molecule has 0 spiro atoms. The molecule has 1 unspecified atom stereocenters. The summed E-state index contributed by atoms with van der Waals surface area (Å²) < 4.78 is 0. The second-order valence-electron chi connectivity index (χ2n) is 2.84. The molecular formula is C8H9NO2S. The summed E-state index contributed by atoms with van der Waals surface area (Å²) in [4.78, 5) is 11.8. The third-order valence-corrected chi connectivity index (χ3v) is 3.05. The molecule has 0 fully saturated rings. The Morgan fingerprint density at radius 1 is 1.75 bits per heavy atom. The second-order valence-corrected chi connectivity index (χ2v) is 3.85. The summed E-state index contributed by atoms with van der Waals surface area (Å²) in [5.74, 6) is -0.756. The van der Waals surface area contributed by atoms with Gasteiger partial charge in [0, 0.05) is 17.8 Å². The van der Waals surface area contributed by atoms with Crippen molar-refractivity contribution in [2.24, 2.45) is 0 Å². The van der Waals surface area contributed by atoms with E-state index in [9.17, 15) is 4.79 Å². The Hall–Kier alpha value is -0.870. The van der Waals surface area contributed by atoms with Crippen molar-refractivity contribution in [3.05, 3.63) is 21.9 Å². The molecule has 0 saturated carbocycles. The number of hydrogen-bond donors (Lipinski definition) is 2. The highest BCUT2D eigenvalue weighted by molar-refractivity contribution is 7.10. The van der Waals surface area contributed by atoms with Crippen LogP contribution in [-0.4, -0.2) is 17.1 Å². The third-order valence-electron chi connectivity index (χ3n) is 2.06. The second kappa shape index (κ2) is 2.88. The number of thiophene rings is 1. The molecule has 1 aromatic heterocycles. The zero-order valence-electron chi connectivity index (χ0n) is 6.41. The number of carboxylic acid groups (broad SMARTS) is 1. The molecule has 2 N–H and O–H groups in total. The van der Waals surface area contributed by atoms with Gasteiger partial charge in [-0.3, -0.25) is 10.1 Å². The number of hydrogen-bond acceptors (Lipinski definition) is 3. The lowest BCUT2D eigenvalue weighted by Gasteiger charge is -2.19. The first-order valence-corrected chi connectivity index (χ1v) is 4.67. The summed E-state index contributed by atoms with van der Waals surface area (Å²) in [7, 11) is 0. The standard InChI is InChI=1S/C8H9NO2S/c10-8(11)6-3-7-5(4-9-6)1-2-12-7/h1-2,6,9H,3-4H2,(H,10,11). The maximum Gasteiger partial charge on any atom is 0.321 e. The number of fused-ring (bicyclic) bond motifs is 1. The fourth-order valence-corrected chi connectivity index (χ4v) is 2.32. The molecule has 0 saturated heterocycles. The third kappa shape index (κ3) is 1.23. The Labute approximate surface area is 74.0 Å². The van der Waals surface area contributed by atoms with E-state index in [0.717, 1.165) is 0 Å². The fourth-order valence-electron chi connectivity index (χ4n) is 1.37. The van der Waals surface area contributed by atoms with Crippen LogP contribution < -0.4 is 5.32 Å². The molecule has 3 nitrogen and oxygen atoms in total. The molecule has 0 aromatic carbocycles. The Balaban J connectivity index is 2.20. The van der Waals surface area contributed by atoms with Gasteiger partial charge in [0.1, 0.15) is 6.04 Å². The van der Waals surface area contributed by atoms with E-state index in [2.05, 4.69) is 5.32 Å². The zero-order chi connectivity index (χ0) is 8.55. The highest BCUT2D eigenvalue weighted by Gasteiger charge is 2.23. The Kier molecular flexibility index (Phi) is 1.86. The topological polar surface area (TPSA) is 49.3 Å². The SMILES string of the molecule is O=C(O)C1Cc2sccc2CN1. The van der Waals surface area contributed by atoms with E-state index in [4.69, 9.17) is 5.11 Å². The Morgan fingerprint density at radius 3 is 3.33 bits per heavy atom. The highest BCUT2D eigenvalue weighted by Crippen LogP contribution is 2.22. The lowest BCUT2D eigenvalue weighted by atomic mass is 10.1. The van der Waals surface area contributed by atoms with Gasteiger partial charge in [0.15, 0.2) is 0 Å². The van der Waals surface area contributed by atoms with Gasteiger partial charge in [0.25, 0.3) is 0 Å². The number of carbonyl (C=O) groups is 1. The van der Waals surface area contributed by atoms with Crippen LogP contribution >= 0.6 is 11.3 Å². The maximum absolute atomic E-state index is 10.6. The van der Waals surface area contributed by atoms with E-state index >= 15 is 0 Å². The molecule has 1 aliphatic heterocycles. The van der Waals surface area contributed by atoms with Crippen LogP contribution in [0.15, 0.2) is 11.4 Å². The van der Waals surface area contributed by atoms with E-state index in [-0.39, 0.29) is 0 Å². The van der Waals surface area contributed by atoms with Crippen LogP contribution in [0, 0.1) is 0 Å².